The Morgan fingerprint density at radius 1 is 0.840 bits per heavy atom. The van der Waals surface area contributed by atoms with Gasteiger partial charge in [-0.05, 0) is 19.4 Å². The van der Waals surface area contributed by atoms with E-state index < -0.39 is 0 Å². The van der Waals surface area contributed by atoms with Crippen molar-refractivity contribution >= 4 is 5.97 Å². The van der Waals surface area contributed by atoms with Crippen LogP contribution >= 0.6 is 0 Å². The summed E-state index contributed by atoms with van der Waals surface area (Å²) in [4.78, 5) is 11.8. The fourth-order valence-corrected chi connectivity index (χ4v) is 3.21. The van der Waals surface area contributed by atoms with E-state index in [9.17, 15) is 4.79 Å². The largest absolute Gasteiger partial charge is 0.409 e. The van der Waals surface area contributed by atoms with Gasteiger partial charge < -0.3 is 9.30 Å². The lowest BCUT2D eigenvalue weighted by Crippen LogP contribution is -2.10. The van der Waals surface area contributed by atoms with Gasteiger partial charge in [0.15, 0.2) is 0 Å². The quantitative estimate of drug-likeness (QED) is 0.240. The Kier molecular flexibility index (Phi) is 13.1. The van der Waals surface area contributed by atoms with Gasteiger partial charge in [0.25, 0.3) is 0 Å². The molecule has 0 atom stereocenters. The zero-order chi connectivity index (χ0) is 18.2. The van der Waals surface area contributed by atoms with Crippen molar-refractivity contribution in [2.45, 2.75) is 110 Å². The average Bonchev–Trinajstić information content (AvgIpc) is 3.06. The maximum Gasteiger partial charge on any atom is 0.312 e. The molecule has 0 aromatic carbocycles. The third-order valence-electron chi connectivity index (χ3n) is 4.83. The Balaban J connectivity index is 1.86. The number of carbonyl (C=O) groups is 1. The number of ether oxygens (including phenoxy) is 1. The second-order valence-corrected chi connectivity index (χ2v) is 7.10. The number of unbranched alkanes of at least 4 members (excludes halogenated alkanes) is 12. The van der Waals surface area contributed by atoms with Crippen molar-refractivity contribution in [3.63, 3.8) is 0 Å². The molecule has 0 aliphatic heterocycles. The van der Waals surface area contributed by atoms with Crippen LogP contribution in [0.2, 0.25) is 0 Å². The van der Waals surface area contributed by atoms with Gasteiger partial charge in [-0.1, -0.05) is 84.0 Å². The van der Waals surface area contributed by atoms with Gasteiger partial charge in [-0.2, -0.15) is 0 Å². The normalized spacial score (nSPS) is 11.0. The van der Waals surface area contributed by atoms with Gasteiger partial charge in [0, 0.05) is 25.2 Å². The molecule has 144 valence electrons. The standard InChI is InChI=1S/C22H39NO2/c1-3-5-6-7-8-9-10-11-12-13-14-15-16-19-22(24)25-21-18-17-20-23(21)4-2/h17-18,20H,3-16,19H2,1-2H3. The van der Waals surface area contributed by atoms with Crippen molar-refractivity contribution in [1.29, 1.82) is 0 Å². The molecule has 1 heterocycles. The van der Waals surface area contributed by atoms with Crippen LogP contribution in [0.15, 0.2) is 18.3 Å². The Morgan fingerprint density at radius 2 is 1.36 bits per heavy atom. The average molecular weight is 350 g/mol. The lowest BCUT2D eigenvalue weighted by molar-refractivity contribution is -0.134. The minimum Gasteiger partial charge on any atom is -0.409 e. The molecule has 3 nitrogen and oxygen atoms in total. The molecule has 0 spiro atoms. The van der Waals surface area contributed by atoms with E-state index in [0.717, 1.165) is 19.4 Å². The second kappa shape index (κ2) is 15.0. The first kappa shape index (κ1) is 21.8. The molecule has 25 heavy (non-hydrogen) atoms. The van der Waals surface area contributed by atoms with E-state index in [1.165, 1.54) is 70.6 Å². The van der Waals surface area contributed by atoms with Crippen LogP contribution in [-0.2, 0) is 11.3 Å². The molecule has 0 saturated heterocycles. The predicted molar refractivity (Wildman–Crippen MR) is 106 cm³/mol. The van der Waals surface area contributed by atoms with Gasteiger partial charge >= 0.3 is 5.97 Å². The van der Waals surface area contributed by atoms with E-state index in [1.807, 2.05) is 29.8 Å². The highest BCUT2D eigenvalue weighted by atomic mass is 16.5. The molecular weight excluding hydrogens is 310 g/mol. The van der Waals surface area contributed by atoms with Crippen LogP contribution in [0, 0.1) is 0 Å². The molecule has 0 unspecified atom stereocenters. The maximum absolute atomic E-state index is 11.8. The Hall–Kier alpha value is -1.25. The molecule has 0 bridgehead atoms. The van der Waals surface area contributed by atoms with Crippen LogP contribution in [0.3, 0.4) is 0 Å². The molecule has 0 fully saturated rings. The van der Waals surface area contributed by atoms with Crippen molar-refractivity contribution in [3.8, 4) is 5.88 Å². The van der Waals surface area contributed by atoms with Crippen molar-refractivity contribution in [2.75, 3.05) is 0 Å². The van der Waals surface area contributed by atoms with Crippen molar-refractivity contribution < 1.29 is 9.53 Å². The SMILES string of the molecule is CCCCCCCCCCCCCCCC(=O)Oc1cccn1CC. The lowest BCUT2D eigenvalue weighted by Gasteiger charge is -2.07. The minimum atomic E-state index is -0.100. The third kappa shape index (κ3) is 11.1. The zero-order valence-electron chi connectivity index (χ0n) is 16.6. The van der Waals surface area contributed by atoms with Crippen LogP contribution in [-0.4, -0.2) is 10.5 Å². The van der Waals surface area contributed by atoms with E-state index in [0.29, 0.717) is 12.3 Å². The van der Waals surface area contributed by atoms with Crippen LogP contribution in [0.4, 0.5) is 0 Å². The fourth-order valence-electron chi connectivity index (χ4n) is 3.21. The Bertz CT molecular complexity index is 439. The number of aromatic nitrogens is 1. The number of hydrogen-bond donors (Lipinski definition) is 0. The first-order chi connectivity index (χ1) is 12.3. The van der Waals surface area contributed by atoms with E-state index in [1.54, 1.807) is 0 Å². The first-order valence-electron chi connectivity index (χ1n) is 10.6. The molecule has 3 heteroatoms. The van der Waals surface area contributed by atoms with Gasteiger partial charge in [0.05, 0.1) is 0 Å². The minimum absolute atomic E-state index is 0.100. The van der Waals surface area contributed by atoms with Crippen LogP contribution in [0.1, 0.15) is 104 Å². The monoisotopic (exact) mass is 349 g/mol. The van der Waals surface area contributed by atoms with Gasteiger partial charge in [0.2, 0.25) is 5.88 Å². The van der Waals surface area contributed by atoms with Gasteiger partial charge in [0.1, 0.15) is 0 Å². The second-order valence-electron chi connectivity index (χ2n) is 7.10. The summed E-state index contributed by atoms with van der Waals surface area (Å²) in [7, 11) is 0. The molecule has 0 amide bonds. The number of esters is 1. The zero-order valence-corrected chi connectivity index (χ0v) is 16.6. The summed E-state index contributed by atoms with van der Waals surface area (Å²) in [5.74, 6) is 0.568. The number of carbonyl (C=O) groups excluding carboxylic acids is 1. The maximum atomic E-state index is 11.8. The lowest BCUT2D eigenvalue weighted by atomic mass is 10.0. The Morgan fingerprint density at radius 3 is 1.88 bits per heavy atom. The van der Waals surface area contributed by atoms with E-state index in [-0.39, 0.29) is 5.97 Å². The van der Waals surface area contributed by atoms with Crippen molar-refractivity contribution in [1.82, 2.24) is 4.57 Å². The third-order valence-corrected chi connectivity index (χ3v) is 4.83. The van der Waals surface area contributed by atoms with Crippen molar-refractivity contribution in [3.05, 3.63) is 18.3 Å². The molecule has 0 N–H and O–H groups in total. The first-order valence-corrected chi connectivity index (χ1v) is 10.6. The smallest absolute Gasteiger partial charge is 0.312 e. The molecule has 1 aromatic heterocycles. The van der Waals surface area contributed by atoms with Gasteiger partial charge in [-0.15, -0.1) is 0 Å². The topological polar surface area (TPSA) is 31.2 Å². The highest BCUT2D eigenvalue weighted by Crippen LogP contribution is 2.15. The number of nitrogens with zero attached hydrogens (tertiary/aromatic N) is 1. The van der Waals surface area contributed by atoms with Gasteiger partial charge in [-0.25, -0.2) is 0 Å². The number of hydrogen-bond acceptors (Lipinski definition) is 2. The summed E-state index contributed by atoms with van der Waals surface area (Å²) < 4.78 is 7.35. The predicted octanol–water partition coefficient (Wildman–Crippen LogP) is 6.89. The van der Waals surface area contributed by atoms with Crippen LogP contribution < -0.4 is 4.74 Å². The molecule has 0 saturated carbocycles. The molecule has 0 aliphatic rings. The highest BCUT2D eigenvalue weighted by Gasteiger charge is 2.07. The molecule has 1 rings (SSSR count). The van der Waals surface area contributed by atoms with E-state index in [4.69, 9.17) is 4.74 Å². The summed E-state index contributed by atoms with van der Waals surface area (Å²) in [5, 5.41) is 0. The molecular formula is C22H39NO2. The van der Waals surface area contributed by atoms with Crippen LogP contribution in [0.5, 0.6) is 5.88 Å². The summed E-state index contributed by atoms with van der Waals surface area (Å²) in [5.41, 5.74) is 0. The summed E-state index contributed by atoms with van der Waals surface area (Å²) in [6, 6.07) is 3.77. The van der Waals surface area contributed by atoms with E-state index in [2.05, 4.69) is 6.92 Å². The number of rotatable bonds is 16. The van der Waals surface area contributed by atoms with E-state index >= 15 is 0 Å². The fraction of sp³-hybridized carbons (Fsp3) is 0.773. The number of aryl methyl sites for hydroxylation is 1. The molecule has 0 radical (unpaired) electrons. The summed E-state index contributed by atoms with van der Waals surface area (Å²) >= 11 is 0. The molecule has 1 aromatic rings. The Labute approximate surface area is 155 Å². The summed E-state index contributed by atoms with van der Waals surface area (Å²) in [6.45, 7) is 5.14. The molecule has 0 aliphatic carbocycles. The van der Waals surface area contributed by atoms with Gasteiger partial charge in [-0.3, -0.25) is 4.79 Å². The van der Waals surface area contributed by atoms with Crippen molar-refractivity contribution in [2.24, 2.45) is 0 Å². The highest BCUT2D eigenvalue weighted by molar-refractivity contribution is 5.71. The van der Waals surface area contributed by atoms with Crippen LogP contribution in [0.25, 0.3) is 0 Å². The summed E-state index contributed by atoms with van der Waals surface area (Å²) in [6.07, 6.45) is 19.7.